The lowest BCUT2D eigenvalue weighted by molar-refractivity contribution is -0.140. The number of likely N-dealkylation sites (N-methyl/N-ethyl adjacent to an activating group) is 1. The first-order chi connectivity index (χ1) is 15.1. The zero-order valence-corrected chi connectivity index (χ0v) is 18.3. The van der Waals surface area contributed by atoms with E-state index in [0.717, 1.165) is 44.2 Å². The largest absolute Gasteiger partial charge is 0.496 e. The maximum Gasteiger partial charge on any atom is 0.278 e. The molecule has 1 aliphatic heterocycles. The zero-order valence-electron chi connectivity index (χ0n) is 18.3. The van der Waals surface area contributed by atoms with Crippen molar-refractivity contribution in [3.05, 3.63) is 65.9 Å². The van der Waals surface area contributed by atoms with Crippen molar-refractivity contribution in [2.24, 2.45) is 0 Å². The quantitative estimate of drug-likeness (QED) is 0.640. The van der Waals surface area contributed by atoms with E-state index in [-0.39, 0.29) is 17.9 Å². The minimum atomic E-state index is -0.210. The maximum atomic E-state index is 13.8. The van der Waals surface area contributed by atoms with Crippen LogP contribution in [0.25, 0.3) is 5.57 Å². The first-order valence-corrected chi connectivity index (χ1v) is 11.2. The summed E-state index contributed by atoms with van der Waals surface area (Å²) in [5.74, 6) is 0.179. The van der Waals surface area contributed by atoms with E-state index in [1.165, 1.54) is 11.3 Å². The molecule has 0 saturated heterocycles. The molecule has 0 atom stereocenters. The first-order valence-electron chi connectivity index (χ1n) is 11.2. The van der Waals surface area contributed by atoms with Crippen LogP contribution in [0.3, 0.4) is 0 Å². The van der Waals surface area contributed by atoms with Crippen LogP contribution in [-0.2, 0) is 9.59 Å². The van der Waals surface area contributed by atoms with Gasteiger partial charge in [0.05, 0.1) is 12.7 Å². The van der Waals surface area contributed by atoms with E-state index in [4.69, 9.17) is 4.74 Å². The summed E-state index contributed by atoms with van der Waals surface area (Å²) in [6, 6.07) is 17.1. The molecule has 1 heterocycles. The van der Waals surface area contributed by atoms with E-state index in [1.54, 1.807) is 7.11 Å². The van der Waals surface area contributed by atoms with Crippen molar-refractivity contribution >= 4 is 23.1 Å². The number of hydrogen-bond acceptors (Lipinski definition) is 4. The highest BCUT2D eigenvalue weighted by Gasteiger charge is 2.45. The molecule has 0 spiro atoms. The number of methoxy groups -OCH3 is 1. The number of nitrogens with zero attached hydrogens (tertiary/aromatic N) is 2. The summed E-state index contributed by atoms with van der Waals surface area (Å²) >= 11 is 0. The van der Waals surface area contributed by atoms with Gasteiger partial charge in [-0.05, 0) is 31.0 Å². The molecule has 1 fully saturated rings. The lowest BCUT2D eigenvalue weighted by Crippen LogP contribution is -2.42. The van der Waals surface area contributed by atoms with Crippen LogP contribution < -0.4 is 9.64 Å². The Labute approximate surface area is 184 Å². The minimum absolute atomic E-state index is 0.0494. The molecule has 162 valence electrons. The van der Waals surface area contributed by atoms with Gasteiger partial charge in [-0.3, -0.25) is 14.5 Å². The number of rotatable bonds is 5. The summed E-state index contributed by atoms with van der Waals surface area (Å²) in [6.07, 6.45) is 7.41. The third-order valence-electron chi connectivity index (χ3n) is 6.39. The molecule has 0 radical (unpaired) electrons. The highest BCUT2D eigenvalue weighted by Crippen LogP contribution is 2.39. The van der Waals surface area contributed by atoms with Crippen molar-refractivity contribution in [3.8, 4) is 5.75 Å². The van der Waals surface area contributed by atoms with Gasteiger partial charge in [-0.1, -0.05) is 68.5 Å². The van der Waals surface area contributed by atoms with E-state index < -0.39 is 0 Å². The molecule has 2 amide bonds. The molecule has 0 aromatic heterocycles. The Kier molecular flexibility index (Phi) is 6.40. The second-order valence-electron chi connectivity index (χ2n) is 8.30. The molecule has 31 heavy (non-hydrogen) atoms. The predicted molar refractivity (Wildman–Crippen MR) is 123 cm³/mol. The van der Waals surface area contributed by atoms with Gasteiger partial charge in [0.25, 0.3) is 11.8 Å². The Bertz CT molecular complexity index is 975. The fourth-order valence-corrected chi connectivity index (χ4v) is 4.75. The van der Waals surface area contributed by atoms with Gasteiger partial charge in [0, 0.05) is 24.3 Å². The predicted octanol–water partition coefficient (Wildman–Crippen LogP) is 5.02. The monoisotopic (exact) mass is 418 g/mol. The summed E-state index contributed by atoms with van der Waals surface area (Å²) in [5.41, 5.74) is 2.37. The van der Waals surface area contributed by atoms with Crippen molar-refractivity contribution in [3.63, 3.8) is 0 Å². The summed E-state index contributed by atoms with van der Waals surface area (Å²) in [5, 5.41) is 0. The second kappa shape index (κ2) is 9.38. The highest BCUT2D eigenvalue weighted by atomic mass is 16.5. The van der Waals surface area contributed by atoms with Crippen molar-refractivity contribution in [1.82, 2.24) is 4.90 Å². The maximum absolute atomic E-state index is 13.8. The summed E-state index contributed by atoms with van der Waals surface area (Å²) in [4.78, 5) is 30.9. The Morgan fingerprint density at radius 2 is 1.45 bits per heavy atom. The number of carbonyl (C=O) groups is 2. The first kappa shape index (κ1) is 21.2. The molecule has 2 aliphatic rings. The van der Waals surface area contributed by atoms with Crippen LogP contribution in [-0.4, -0.2) is 36.9 Å². The number of anilines is 1. The number of benzene rings is 2. The van der Waals surface area contributed by atoms with Crippen molar-refractivity contribution in [1.29, 1.82) is 0 Å². The van der Waals surface area contributed by atoms with E-state index in [1.807, 2.05) is 66.5 Å². The fourth-order valence-electron chi connectivity index (χ4n) is 4.75. The normalized spacial score (nSPS) is 18.2. The molecule has 4 rings (SSSR count). The van der Waals surface area contributed by atoms with Gasteiger partial charge in [0.2, 0.25) is 0 Å². The van der Waals surface area contributed by atoms with Crippen molar-refractivity contribution in [2.45, 2.75) is 51.0 Å². The van der Waals surface area contributed by atoms with Crippen LogP contribution in [0.15, 0.2) is 60.3 Å². The average molecular weight is 419 g/mol. The van der Waals surface area contributed by atoms with Gasteiger partial charge in [-0.25, -0.2) is 0 Å². The van der Waals surface area contributed by atoms with Crippen LogP contribution in [0.2, 0.25) is 0 Å². The Morgan fingerprint density at radius 1 is 0.839 bits per heavy atom. The van der Waals surface area contributed by atoms with Gasteiger partial charge in [0.1, 0.15) is 11.4 Å². The lowest BCUT2D eigenvalue weighted by atomic mass is 9.95. The highest BCUT2D eigenvalue weighted by molar-refractivity contribution is 6.37. The van der Waals surface area contributed by atoms with Crippen LogP contribution >= 0.6 is 0 Å². The number of hydrogen-bond donors (Lipinski definition) is 0. The molecule has 5 heteroatoms. The summed E-state index contributed by atoms with van der Waals surface area (Å²) in [7, 11) is 3.45. The number of ether oxygens (including phenoxy) is 1. The lowest BCUT2D eigenvalue weighted by Gasteiger charge is -2.29. The molecular weight excluding hydrogens is 388 g/mol. The molecule has 5 nitrogen and oxygen atoms in total. The van der Waals surface area contributed by atoms with E-state index in [0.29, 0.717) is 22.6 Å². The molecule has 2 aromatic rings. The van der Waals surface area contributed by atoms with E-state index in [2.05, 4.69) is 0 Å². The third kappa shape index (κ3) is 4.09. The number of para-hydroxylation sites is 2. The standard InChI is InChI=1S/C26H30N2O3/c1-27(19-13-9-6-10-14-19)24-23(21-17-11-12-18-22(21)31-2)25(29)28(26(24)30)20-15-7-4-3-5-8-16-20/h6,9-14,17-18,20H,3-5,7-8,15-16H2,1-2H3. The fraction of sp³-hybridized carbons (Fsp3) is 0.385. The third-order valence-corrected chi connectivity index (χ3v) is 6.39. The van der Waals surface area contributed by atoms with Gasteiger partial charge < -0.3 is 9.64 Å². The van der Waals surface area contributed by atoms with Crippen LogP contribution in [0, 0.1) is 0 Å². The topological polar surface area (TPSA) is 49.9 Å². The molecule has 0 bridgehead atoms. The molecule has 0 unspecified atom stereocenters. The van der Waals surface area contributed by atoms with Crippen molar-refractivity contribution in [2.75, 3.05) is 19.1 Å². The van der Waals surface area contributed by atoms with E-state index >= 15 is 0 Å². The van der Waals surface area contributed by atoms with Crippen molar-refractivity contribution < 1.29 is 14.3 Å². The van der Waals surface area contributed by atoms with E-state index in [9.17, 15) is 9.59 Å². The molecule has 2 aromatic carbocycles. The molecule has 1 saturated carbocycles. The second-order valence-corrected chi connectivity index (χ2v) is 8.30. The van der Waals surface area contributed by atoms with Gasteiger partial charge in [0.15, 0.2) is 0 Å². The van der Waals surface area contributed by atoms with Crippen LogP contribution in [0.4, 0.5) is 5.69 Å². The minimum Gasteiger partial charge on any atom is -0.496 e. The molecular formula is C26H30N2O3. The Hall–Kier alpha value is -3.08. The summed E-state index contributed by atoms with van der Waals surface area (Å²) < 4.78 is 5.56. The van der Waals surface area contributed by atoms with Crippen LogP contribution in [0.1, 0.15) is 50.5 Å². The number of amides is 2. The van der Waals surface area contributed by atoms with Gasteiger partial charge in [-0.15, -0.1) is 0 Å². The molecule has 0 N–H and O–H groups in total. The zero-order chi connectivity index (χ0) is 21.8. The van der Waals surface area contributed by atoms with Gasteiger partial charge >= 0.3 is 0 Å². The number of imide groups is 1. The Balaban J connectivity index is 1.81. The average Bonchev–Trinajstić information content (AvgIpc) is 3.04. The smallest absolute Gasteiger partial charge is 0.278 e. The Morgan fingerprint density at radius 3 is 2.13 bits per heavy atom. The van der Waals surface area contributed by atoms with Crippen LogP contribution in [0.5, 0.6) is 5.75 Å². The van der Waals surface area contributed by atoms with Gasteiger partial charge in [-0.2, -0.15) is 0 Å². The summed E-state index contributed by atoms with van der Waals surface area (Å²) in [6.45, 7) is 0. The SMILES string of the molecule is COc1ccccc1C1=C(N(C)c2ccccc2)C(=O)N(C2CCCCCCC2)C1=O. The number of carbonyl (C=O) groups excluding carboxylic acids is 2. The molecule has 1 aliphatic carbocycles.